The van der Waals surface area contributed by atoms with Gasteiger partial charge in [-0.3, -0.25) is 4.79 Å². The standard InChI is InChI=1S/C9H10OS/c1-3-4-9(10)8-6-11-5-7(8)2/h3,5-6H,1,4H2,2H3. The van der Waals surface area contributed by atoms with E-state index < -0.39 is 0 Å². The fourth-order valence-corrected chi connectivity index (χ4v) is 1.74. The molecule has 1 aromatic heterocycles. The number of carbonyl (C=O) groups is 1. The molecule has 0 fully saturated rings. The molecule has 0 unspecified atom stereocenters. The van der Waals surface area contributed by atoms with E-state index in [0.29, 0.717) is 6.42 Å². The summed E-state index contributed by atoms with van der Waals surface area (Å²) in [5.41, 5.74) is 1.91. The summed E-state index contributed by atoms with van der Waals surface area (Å²) >= 11 is 1.57. The van der Waals surface area contributed by atoms with Crippen molar-refractivity contribution in [2.24, 2.45) is 0 Å². The molecular weight excluding hydrogens is 156 g/mol. The monoisotopic (exact) mass is 166 g/mol. The van der Waals surface area contributed by atoms with E-state index >= 15 is 0 Å². The van der Waals surface area contributed by atoms with Crippen molar-refractivity contribution in [3.63, 3.8) is 0 Å². The van der Waals surface area contributed by atoms with Gasteiger partial charge in [0.15, 0.2) is 5.78 Å². The molecule has 2 heteroatoms. The van der Waals surface area contributed by atoms with Crippen molar-refractivity contribution in [3.8, 4) is 0 Å². The third-order valence-electron chi connectivity index (χ3n) is 1.49. The molecule has 0 aliphatic rings. The molecule has 58 valence electrons. The lowest BCUT2D eigenvalue weighted by Crippen LogP contribution is -1.96. The zero-order chi connectivity index (χ0) is 8.27. The Balaban J connectivity index is 2.83. The van der Waals surface area contributed by atoms with Crippen molar-refractivity contribution in [2.45, 2.75) is 13.3 Å². The van der Waals surface area contributed by atoms with Crippen LogP contribution in [0.3, 0.4) is 0 Å². The van der Waals surface area contributed by atoms with E-state index in [2.05, 4.69) is 6.58 Å². The minimum absolute atomic E-state index is 0.166. The van der Waals surface area contributed by atoms with Gasteiger partial charge in [-0.05, 0) is 17.9 Å². The highest BCUT2D eigenvalue weighted by Crippen LogP contribution is 2.15. The molecule has 0 saturated heterocycles. The molecule has 1 heterocycles. The number of thiophene rings is 1. The van der Waals surface area contributed by atoms with Crippen molar-refractivity contribution < 1.29 is 4.79 Å². The highest BCUT2D eigenvalue weighted by molar-refractivity contribution is 7.08. The van der Waals surface area contributed by atoms with Crippen LogP contribution < -0.4 is 0 Å². The molecular formula is C9H10OS. The van der Waals surface area contributed by atoms with Crippen LogP contribution in [0, 0.1) is 6.92 Å². The summed E-state index contributed by atoms with van der Waals surface area (Å²) in [4.78, 5) is 11.3. The Morgan fingerprint density at radius 2 is 2.45 bits per heavy atom. The molecule has 0 bridgehead atoms. The largest absolute Gasteiger partial charge is 0.294 e. The quantitative estimate of drug-likeness (QED) is 0.498. The van der Waals surface area contributed by atoms with E-state index in [0.717, 1.165) is 11.1 Å². The molecule has 0 saturated carbocycles. The minimum Gasteiger partial charge on any atom is -0.294 e. The lowest BCUT2D eigenvalue weighted by molar-refractivity contribution is 0.0996. The Morgan fingerprint density at radius 3 is 2.91 bits per heavy atom. The van der Waals surface area contributed by atoms with Gasteiger partial charge in [0, 0.05) is 17.4 Å². The van der Waals surface area contributed by atoms with Gasteiger partial charge in [-0.25, -0.2) is 0 Å². The van der Waals surface area contributed by atoms with Crippen LogP contribution in [0.25, 0.3) is 0 Å². The van der Waals surface area contributed by atoms with Crippen molar-refractivity contribution in [1.82, 2.24) is 0 Å². The molecule has 0 spiro atoms. The second kappa shape index (κ2) is 3.49. The van der Waals surface area contributed by atoms with Crippen molar-refractivity contribution >= 4 is 17.1 Å². The van der Waals surface area contributed by atoms with Crippen LogP contribution in [0.1, 0.15) is 22.3 Å². The third-order valence-corrected chi connectivity index (χ3v) is 2.35. The van der Waals surface area contributed by atoms with Crippen LogP contribution in [0.15, 0.2) is 23.4 Å². The first-order valence-electron chi connectivity index (χ1n) is 3.42. The lowest BCUT2D eigenvalue weighted by atomic mass is 10.1. The molecule has 0 N–H and O–H groups in total. The zero-order valence-electron chi connectivity index (χ0n) is 6.46. The van der Waals surface area contributed by atoms with Crippen LogP contribution in [0.2, 0.25) is 0 Å². The number of allylic oxidation sites excluding steroid dienone is 1. The Labute approximate surface area is 70.4 Å². The second-order valence-corrected chi connectivity index (χ2v) is 3.13. The van der Waals surface area contributed by atoms with Crippen molar-refractivity contribution in [1.29, 1.82) is 0 Å². The fraction of sp³-hybridized carbons (Fsp3) is 0.222. The van der Waals surface area contributed by atoms with Gasteiger partial charge in [0.25, 0.3) is 0 Å². The Morgan fingerprint density at radius 1 is 1.73 bits per heavy atom. The Kier molecular flexibility index (Phi) is 2.60. The average Bonchev–Trinajstić information content (AvgIpc) is 2.36. The van der Waals surface area contributed by atoms with Gasteiger partial charge < -0.3 is 0 Å². The molecule has 0 radical (unpaired) electrons. The van der Waals surface area contributed by atoms with Crippen LogP contribution in [0.4, 0.5) is 0 Å². The third kappa shape index (κ3) is 1.77. The van der Waals surface area contributed by atoms with E-state index in [1.54, 1.807) is 17.4 Å². The number of Topliss-reactive ketones (excluding diaryl/α,β-unsaturated/α-hetero) is 1. The SMILES string of the molecule is C=CCC(=O)c1cscc1C. The van der Waals surface area contributed by atoms with Gasteiger partial charge in [-0.15, -0.1) is 6.58 Å². The average molecular weight is 166 g/mol. The first-order chi connectivity index (χ1) is 5.25. The molecule has 1 aromatic rings. The van der Waals surface area contributed by atoms with E-state index in [9.17, 15) is 4.79 Å². The maximum Gasteiger partial charge on any atom is 0.167 e. The summed E-state index contributed by atoms with van der Waals surface area (Å²) in [7, 11) is 0. The number of rotatable bonds is 3. The Bertz CT molecular complexity index is 273. The first-order valence-corrected chi connectivity index (χ1v) is 4.37. The number of carbonyl (C=O) groups excluding carboxylic acids is 1. The van der Waals surface area contributed by atoms with Crippen LogP contribution in [-0.4, -0.2) is 5.78 Å². The summed E-state index contributed by atoms with van der Waals surface area (Å²) in [5, 5.41) is 3.87. The maximum atomic E-state index is 11.3. The summed E-state index contributed by atoms with van der Waals surface area (Å²) < 4.78 is 0. The highest BCUT2D eigenvalue weighted by Gasteiger charge is 2.06. The summed E-state index contributed by atoms with van der Waals surface area (Å²) in [5.74, 6) is 0.166. The molecule has 0 atom stereocenters. The van der Waals surface area contributed by atoms with Gasteiger partial charge in [0.1, 0.15) is 0 Å². The molecule has 0 aliphatic heterocycles. The topological polar surface area (TPSA) is 17.1 Å². The lowest BCUT2D eigenvalue weighted by Gasteiger charge is -1.93. The molecule has 11 heavy (non-hydrogen) atoms. The zero-order valence-corrected chi connectivity index (χ0v) is 7.28. The maximum absolute atomic E-state index is 11.3. The second-order valence-electron chi connectivity index (χ2n) is 2.38. The molecule has 0 aliphatic carbocycles. The van der Waals surface area contributed by atoms with Gasteiger partial charge in [0.05, 0.1) is 0 Å². The van der Waals surface area contributed by atoms with Crippen LogP contribution in [-0.2, 0) is 0 Å². The van der Waals surface area contributed by atoms with Gasteiger partial charge in [-0.1, -0.05) is 6.08 Å². The summed E-state index contributed by atoms with van der Waals surface area (Å²) in [6, 6.07) is 0. The number of hydrogen-bond donors (Lipinski definition) is 0. The molecule has 0 aromatic carbocycles. The summed E-state index contributed by atoms with van der Waals surface area (Å²) in [6.45, 7) is 5.47. The molecule has 1 nitrogen and oxygen atoms in total. The minimum atomic E-state index is 0.166. The number of ketones is 1. The molecule has 0 amide bonds. The van der Waals surface area contributed by atoms with Crippen molar-refractivity contribution in [3.05, 3.63) is 34.5 Å². The fourth-order valence-electron chi connectivity index (χ4n) is 0.887. The smallest absolute Gasteiger partial charge is 0.167 e. The molecule has 1 rings (SSSR count). The van der Waals surface area contributed by atoms with Crippen molar-refractivity contribution in [2.75, 3.05) is 0 Å². The number of hydrogen-bond acceptors (Lipinski definition) is 2. The highest BCUT2D eigenvalue weighted by atomic mass is 32.1. The predicted octanol–water partition coefficient (Wildman–Crippen LogP) is 2.82. The van der Waals surface area contributed by atoms with Gasteiger partial charge in [-0.2, -0.15) is 11.3 Å². The van der Waals surface area contributed by atoms with E-state index in [1.165, 1.54) is 0 Å². The van der Waals surface area contributed by atoms with E-state index in [1.807, 2.05) is 17.7 Å². The van der Waals surface area contributed by atoms with Crippen LogP contribution >= 0.6 is 11.3 Å². The summed E-state index contributed by atoms with van der Waals surface area (Å²) in [6.07, 6.45) is 2.08. The van der Waals surface area contributed by atoms with Gasteiger partial charge >= 0.3 is 0 Å². The van der Waals surface area contributed by atoms with Gasteiger partial charge in [0.2, 0.25) is 0 Å². The normalized spacial score (nSPS) is 9.55. The van der Waals surface area contributed by atoms with E-state index in [-0.39, 0.29) is 5.78 Å². The van der Waals surface area contributed by atoms with Crippen LogP contribution in [0.5, 0.6) is 0 Å². The first kappa shape index (κ1) is 8.21. The number of aryl methyl sites for hydroxylation is 1. The Hall–Kier alpha value is -0.890. The predicted molar refractivity (Wildman–Crippen MR) is 48.2 cm³/mol. The van der Waals surface area contributed by atoms with E-state index in [4.69, 9.17) is 0 Å².